The van der Waals surface area contributed by atoms with Crippen molar-refractivity contribution >= 4 is 11.8 Å². The third kappa shape index (κ3) is 4.73. The standard InChI is InChI=1S/C22H31NO3/c1-16-4-6-17(7-5-16)14-18(19-11-13-26-22(2,3)15-19)10-12-23-20(24)8-9-21(23)25/h4-7,18-19H,8-15H2,1-3H3. The molecule has 2 atom stereocenters. The van der Waals surface area contributed by atoms with Gasteiger partial charge in [-0.1, -0.05) is 29.8 Å². The fourth-order valence-electron chi connectivity index (χ4n) is 4.38. The lowest BCUT2D eigenvalue weighted by molar-refractivity contribution is -0.138. The molecular weight excluding hydrogens is 326 g/mol. The quantitative estimate of drug-likeness (QED) is 0.726. The van der Waals surface area contributed by atoms with E-state index in [9.17, 15) is 9.59 Å². The van der Waals surface area contributed by atoms with Crippen LogP contribution in [0.2, 0.25) is 0 Å². The third-order valence-electron chi connectivity index (χ3n) is 5.90. The first-order valence-electron chi connectivity index (χ1n) is 9.87. The summed E-state index contributed by atoms with van der Waals surface area (Å²) >= 11 is 0. The number of nitrogens with zero attached hydrogens (tertiary/aromatic N) is 1. The Morgan fingerprint density at radius 2 is 1.81 bits per heavy atom. The first-order valence-corrected chi connectivity index (χ1v) is 9.87. The summed E-state index contributed by atoms with van der Waals surface area (Å²) in [5.74, 6) is 1.02. The van der Waals surface area contributed by atoms with Crippen LogP contribution in [0.4, 0.5) is 0 Å². The zero-order chi connectivity index (χ0) is 18.7. The van der Waals surface area contributed by atoms with E-state index in [1.807, 2.05) is 0 Å². The van der Waals surface area contributed by atoms with Gasteiger partial charge in [-0.05, 0) is 63.9 Å². The third-order valence-corrected chi connectivity index (χ3v) is 5.90. The van der Waals surface area contributed by atoms with Crippen LogP contribution in [0.25, 0.3) is 0 Å². The summed E-state index contributed by atoms with van der Waals surface area (Å²) in [5.41, 5.74) is 2.52. The van der Waals surface area contributed by atoms with E-state index in [4.69, 9.17) is 4.74 Å². The number of ether oxygens (including phenoxy) is 1. The van der Waals surface area contributed by atoms with E-state index in [0.717, 1.165) is 32.3 Å². The average molecular weight is 357 g/mol. The van der Waals surface area contributed by atoms with Crippen LogP contribution in [0.3, 0.4) is 0 Å². The molecule has 2 aliphatic rings. The average Bonchev–Trinajstić information content (AvgIpc) is 2.91. The Hall–Kier alpha value is -1.68. The van der Waals surface area contributed by atoms with Crippen molar-refractivity contribution in [3.63, 3.8) is 0 Å². The van der Waals surface area contributed by atoms with Crippen molar-refractivity contribution in [1.82, 2.24) is 4.90 Å². The molecule has 1 aromatic carbocycles. The van der Waals surface area contributed by atoms with Gasteiger partial charge in [0.1, 0.15) is 0 Å². The molecule has 3 rings (SSSR count). The monoisotopic (exact) mass is 357 g/mol. The number of carbonyl (C=O) groups is 2. The Kier molecular flexibility index (Phi) is 5.81. The van der Waals surface area contributed by atoms with Crippen LogP contribution in [0, 0.1) is 18.8 Å². The number of amides is 2. The lowest BCUT2D eigenvalue weighted by Gasteiger charge is -2.39. The molecular formula is C22H31NO3. The van der Waals surface area contributed by atoms with Gasteiger partial charge < -0.3 is 4.74 Å². The molecule has 4 nitrogen and oxygen atoms in total. The number of hydrogen-bond donors (Lipinski definition) is 0. The highest BCUT2D eigenvalue weighted by molar-refractivity contribution is 6.01. The van der Waals surface area contributed by atoms with Gasteiger partial charge in [-0.25, -0.2) is 0 Å². The maximum atomic E-state index is 12.0. The van der Waals surface area contributed by atoms with Crippen molar-refractivity contribution in [1.29, 1.82) is 0 Å². The zero-order valence-corrected chi connectivity index (χ0v) is 16.3. The predicted octanol–water partition coefficient (Wildman–Crippen LogP) is 3.90. The minimum Gasteiger partial charge on any atom is -0.376 e. The summed E-state index contributed by atoms with van der Waals surface area (Å²) in [6.07, 6.45) is 4.73. The van der Waals surface area contributed by atoms with Gasteiger partial charge in [-0.3, -0.25) is 14.5 Å². The van der Waals surface area contributed by atoms with Crippen molar-refractivity contribution in [3.8, 4) is 0 Å². The molecule has 2 heterocycles. The largest absolute Gasteiger partial charge is 0.376 e. The van der Waals surface area contributed by atoms with Crippen LogP contribution < -0.4 is 0 Å². The Balaban J connectivity index is 1.71. The Labute approximate surface area is 156 Å². The SMILES string of the molecule is Cc1ccc(CC(CCN2C(=O)CCC2=O)C2CCOC(C)(C)C2)cc1. The number of aryl methyl sites for hydroxylation is 1. The normalized spacial score (nSPS) is 24.1. The van der Waals surface area contributed by atoms with Crippen LogP contribution >= 0.6 is 0 Å². The molecule has 2 fully saturated rings. The number of carbonyl (C=O) groups excluding carboxylic acids is 2. The van der Waals surface area contributed by atoms with Gasteiger partial charge in [-0.15, -0.1) is 0 Å². The Bertz CT molecular complexity index is 634. The molecule has 0 spiro atoms. The van der Waals surface area contributed by atoms with Crippen molar-refractivity contribution < 1.29 is 14.3 Å². The summed E-state index contributed by atoms with van der Waals surface area (Å²) in [6.45, 7) is 7.79. The van der Waals surface area contributed by atoms with Gasteiger partial charge in [0.15, 0.2) is 0 Å². The highest BCUT2D eigenvalue weighted by atomic mass is 16.5. The second-order valence-electron chi connectivity index (χ2n) is 8.54. The minimum atomic E-state index is -0.0896. The van der Waals surface area contributed by atoms with Gasteiger partial charge in [0, 0.05) is 26.0 Å². The van der Waals surface area contributed by atoms with Crippen molar-refractivity contribution in [2.75, 3.05) is 13.2 Å². The molecule has 0 bridgehead atoms. The smallest absolute Gasteiger partial charge is 0.229 e. The molecule has 2 amide bonds. The van der Waals surface area contributed by atoms with Crippen molar-refractivity contribution in [3.05, 3.63) is 35.4 Å². The first-order chi connectivity index (χ1) is 12.3. The molecule has 1 aromatic rings. The van der Waals surface area contributed by atoms with E-state index in [1.165, 1.54) is 16.0 Å². The minimum absolute atomic E-state index is 0.00334. The predicted molar refractivity (Wildman–Crippen MR) is 102 cm³/mol. The highest BCUT2D eigenvalue weighted by Crippen LogP contribution is 2.36. The van der Waals surface area contributed by atoms with E-state index in [1.54, 1.807) is 0 Å². The van der Waals surface area contributed by atoms with Crippen molar-refractivity contribution in [2.45, 2.75) is 64.9 Å². The zero-order valence-electron chi connectivity index (χ0n) is 16.3. The van der Waals surface area contributed by atoms with Gasteiger partial charge in [-0.2, -0.15) is 0 Å². The maximum absolute atomic E-state index is 12.0. The van der Waals surface area contributed by atoms with E-state index in [2.05, 4.69) is 45.0 Å². The Morgan fingerprint density at radius 3 is 2.42 bits per heavy atom. The van der Waals surface area contributed by atoms with E-state index in [-0.39, 0.29) is 17.4 Å². The van der Waals surface area contributed by atoms with Crippen LogP contribution in [-0.2, 0) is 20.7 Å². The summed E-state index contributed by atoms with van der Waals surface area (Å²) in [4.78, 5) is 25.4. The number of rotatable bonds is 6. The van der Waals surface area contributed by atoms with Crippen LogP contribution in [-0.4, -0.2) is 35.5 Å². The number of likely N-dealkylation sites (tertiary alicyclic amines) is 1. The first kappa shape index (κ1) is 19.1. The molecule has 0 N–H and O–H groups in total. The van der Waals surface area contributed by atoms with Gasteiger partial charge in [0.25, 0.3) is 0 Å². The second kappa shape index (κ2) is 7.91. The van der Waals surface area contributed by atoms with E-state index < -0.39 is 0 Å². The second-order valence-corrected chi connectivity index (χ2v) is 8.54. The molecule has 0 aliphatic carbocycles. The topological polar surface area (TPSA) is 46.6 Å². The molecule has 2 unspecified atom stereocenters. The molecule has 4 heteroatoms. The number of benzene rings is 1. The summed E-state index contributed by atoms with van der Waals surface area (Å²) in [5, 5.41) is 0. The van der Waals surface area contributed by atoms with Crippen LogP contribution in [0.1, 0.15) is 57.1 Å². The summed E-state index contributed by atoms with van der Waals surface area (Å²) < 4.78 is 5.91. The van der Waals surface area contributed by atoms with Crippen LogP contribution in [0.5, 0.6) is 0 Å². The number of hydrogen-bond acceptors (Lipinski definition) is 3. The molecule has 142 valence electrons. The maximum Gasteiger partial charge on any atom is 0.229 e. The molecule has 2 aliphatic heterocycles. The molecule has 2 saturated heterocycles. The van der Waals surface area contributed by atoms with Gasteiger partial charge in [0.2, 0.25) is 11.8 Å². The molecule has 0 radical (unpaired) electrons. The van der Waals surface area contributed by atoms with E-state index in [0.29, 0.717) is 31.2 Å². The van der Waals surface area contributed by atoms with Gasteiger partial charge in [0.05, 0.1) is 5.60 Å². The van der Waals surface area contributed by atoms with Crippen molar-refractivity contribution in [2.24, 2.45) is 11.8 Å². The highest BCUT2D eigenvalue weighted by Gasteiger charge is 2.35. The van der Waals surface area contributed by atoms with E-state index >= 15 is 0 Å². The fraction of sp³-hybridized carbons (Fsp3) is 0.636. The lowest BCUT2D eigenvalue weighted by atomic mass is 9.75. The molecule has 0 aromatic heterocycles. The Morgan fingerprint density at radius 1 is 1.15 bits per heavy atom. The number of imide groups is 1. The summed E-state index contributed by atoms with van der Waals surface area (Å²) in [7, 11) is 0. The lowest BCUT2D eigenvalue weighted by Crippen LogP contribution is -2.39. The fourth-order valence-corrected chi connectivity index (χ4v) is 4.38. The molecule has 0 saturated carbocycles. The summed E-state index contributed by atoms with van der Waals surface area (Å²) in [6, 6.07) is 8.74. The van der Waals surface area contributed by atoms with Gasteiger partial charge >= 0.3 is 0 Å². The van der Waals surface area contributed by atoms with Crippen LogP contribution in [0.15, 0.2) is 24.3 Å². The molecule has 26 heavy (non-hydrogen) atoms.